The number of alkyl halides is 3. The SMILES string of the molecule is Cc1ccc(O)c(Nc2nc(C(F)(F)F)nc3c(F)cccc23)c1. The number of hydrogen-bond acceptors (Lipinski definition) is 4. The van der Waals surface area contributed by atoms with Crippen LogP contribution in [0.4, 0.5) is 29.1 Å². The molecule has 0 radical (unpaired) electrons. The average molecular weight is 337 g/mol. The van der Waals surface area contributed by atoms with E-state index in [-0.39, 0.29) is 22.6 Å². The highest BCUT2D eigenvalue weighted by Crippen LogP contribution is 2.34. The van der Waals surface area contributed by atoms with E-state index in [1.54, 1.807) is 13.0 Å². The third-order valence-electron chi connectivity index (χ3n) is 3.34. The van der Waals surface area contributed by atoms with E-state index in [1.165, 1.54) is 24.3 Å². The lowest BCUT2D eigenvalue weighted by Gasteiger charge is -2.13. The molecule has 24 heavy (non-hydrogen) atoms. The number of rotatable bonds is 2. The van der Waals surface area contributed by atoms with Gasteiger partial charge in [-0.25, -0.2) is 14.4 Å². The number of para-hydroxylation sites is 1. The molecule has 0 aliphatic rings. The van der Waals surface area contributed by atoms with Crippen molar-refractivity contribution in [3.05, 3.63) is 53.6 Å². The number of nitrogens with zero attached hydrogens (tertiary/aromatic N) is 2. The smallest absolute Gasteiger partial charge is 0.451 e. The molecule has 0 aliphatic heterocycles. The monoisotopic (exact) mass is 337 g/mol. The highest BCUT2D eigenvalue weighted by Gasteiger charge is 2.36. The van der Waals surface area contributed by atoms with Crippen LogP contribution in [-0.2, 0) is 6.18 Å². The fourth-order valence-electron chi connectivity index (χ4n) is 2.22. The first kappa shape index (κ1) is 16.0. The molecule has 0 spiro atoms. The van der Waals surface area contributed by atoms with Gasteiger partial charge in [-0.2, -0.15) is 13.2 Å². The van der Waals surface area contributed by atoms with Crippen LogP contribution in [0.2, 0.25) is 0 Å². The van der Waals surface area contributed by atoms with E-state index in [0.717, 1.165) is 11.6 Å². The Balaban J connectivity index is 2.22. The molecule has 0 saturated heterocycles. The van der Waals surface area contributed by atoms with Crippen LogP contribution in [0.1, 0.15) is 11.4 Å². The molecular weight excluding hydrogens is 326 g/mol. The van der Waals surface area contributed by atoms with Crippen LogP contribution < -0.4 is 5.32 Å². The minimum Gasteiger partial charge on any atom is -0.506 e. The zero-order valence-electron chi connectivity index (χ0n) is 12.3. The molecule has 0 amide bonds. The number of aromatic hydroxyl groups is 1. The van der Waals surface area contributed by atoms with Crippen LogP contribution in [0.15, 0.2) is 36.4 Å². The summed E-state index contributed by atoms with van der Waals surface area (Å²) in [5.41, 5.74) is 0.484. The predicted molar refractivity (Wildman–Crippen MR) is 80.6 cm³/mol. The fourth-order valence-corrected chi connectivity index (χ4v) is 2.22. The molecule has 3 rings (SSSR count). The van der Waals surface area contributed by atoms with Crippen molar-refractivity contribution in [3.8, 4) is 5.75 Å². The number of aromatic nitrogens is 2. The molecule has 0 fully saturated rings. The number of nitrogens with one attached hydrogen (secondary N) is 1. The van der Waals surface area contributed by atoms with Gasteiger partial charge in [-0.05, 0) is 36.8 Å². The number of phenols is 1. The van der Waals surface area contributed by atoms with Crippen molar-refractivity contribution in [1.29, 1.82) is 0 Å². The molecule has 4 nitrogen and oxygen atoms in total. The summed E-state index contributed by atoms with van der Waals surface area (Å²) in [5.74, 6) is -2.77. The summed E-state index contributed by atoms with van der Waals surface area (Å²) in [6, 6.07) is 8.33. The van der Waals surface area contributed by atoms with Gasteiger partial charge in [0.2, 0.25) is 5.82 Å². The van der Waals surface area contributed by atoms with E-state index >= 15 is 0 Å². The first-order chi connectivity index (χ1) is 11.3. The number of phenolic OH excluding ortho intramolecular Hbond substituents is 1. The third kappa shape index (κ3) is 2.94. The van der Waals surface area contributed by atoms with Crippen molar-refractivity contribution in [3.63, 3.8) is 0 Å². The van der Waals surface area contributed by atoms with Gasteiger partial charge in [0.15, 0.2) is 0 Å². The summed E-state index contributed by atoms with van der Waals surface area (Å²) in [5, 5.41) is 12.6. The van der Waals surface area contributed by atoms with E-state index in [9.17, 15) is 22.7 Å². The predicted octanol–water partition coefficient (Wildman–Crippen LogP) is 4.55. The van der Waals surface area contributed by atoms with Gasteiger partial charge in [0.05, 0.1) is 5.69 Å². The lowest BCUT2D eigenvalue weighted by Crippen LogP contribution is -2.13. The van der Waals surface area contributed by atoms with Gasteiger partial charge < -0.3 is 10.4 Å². The second kappa shape index (κ2) is 5.63. The summed E-state index contributed by atoms with van der Waals surface area (Å²) in [7, 11) is 0. The molecule has 1 aromatic heterocycles. The van der Waals surface area contributed by atoms with E-state index in [4.69, 9.17) is 0 Å². The van der Waals surface area contributed by atoms with E-state index in [1.807, 2.05) is 0 Å². The van der Waals surface area contributed by atoms with Gasteiger partial charge in [0, 0.05) is 5.39 Å². The maximum absolute atomic E-state index is 13.9. The van der Waals surface area contributed by atoms with Crippen LogP contribution >= 0.6 is 0 Å². The van der Waals surface area contributed by atoms with Crippen LogP contribution in [0.5, 0.6) is 5.75 Å². The van der Waals surface area contributed by atoms with Gasteiger partial charge in [-0.1, -0.05) is 12.1 Å². The van der Waals surface area contributed by atoms with Gasteiger partial charge >= 0.3 is 6.18 Å². The standard InChI is InChI=1S/C16H11F4N3O/c1-8-5-6-12(24)11(7-8)21-14-9-3-2-4-10(17)13(9)22-15(23-14)16(18,19)20/h2-7,24H,1H3,(H,21,22,23). The summed E-state index contributed by atoms with van der Waals surface area (Å²) in [6.45, 7) is 1.75. The van der Waals surface area contributed by atoms with E-state index in [2.05, 4.69) is 15.3 Å². The van der Waals surface area contributed by atoms with Crippen molar-refractivity contribution >= 4 is 22.4 Å². The quantitative estimate of drug-likeness (QED) is 0.532. The fraction of sp³-hybridized carbons (Fsp3) is 0.125. The Kier molecular flexibility index (Phi) is 3.75. The summed E-state index contributed by atoms with van der Waals surface area (Å²) >= 11 is 0. The summed E-state index contributed by atoms with van der Waals surface area (Å²) in [6.07, 6.45) is -4.83. The normalized spacial score (nSPS) is 11.7. The Morgan fingerprint density at radius 1 is 1.08 bits per heavy atom. The maximum Gasteiger partial charge on any atom is 0.451 e. The van der Waals surface area contributed by atoms with E-state index in [0.29, 0.717) is 0 Å². The minimum absolute atomic E-state index is 0.0731. The Labute approximate surface area is 133 Å². The van der Waals surface area contributed by atoms with Crippen molar-refractivity contribution in [2.75, 3.05) is 5.32 Å². The van der Waals surface area contributed by atoms with Crippen LogP contribution in [0.3, 0.4) is 0 Å². The molecule has 3 aromatic rings. The topological polar surface area (TPSA) is 58.0 Å². The summed E-state index contributed by atoms with van der Waals surface area (Å²) in [4.78, 5) is 6.73. The minimum atomic E-state index is -4.83. The van der Waals surface area contributed by atoms with Gasteiger partial charge in [0.25, 0.3) is 0 Å². The molecule has 0 aliphatic carbocycles. The van der Waals surface area contributed by atoms with E-state index < -0.39 is 23.3 Å². The Bertz CT molecular complexity index is 925. The maximum atomic E-state index is 13.9. The van der Waals surface area contributed by atoms with Crippen LogP contribution in [0.25, 0.3) is 10.9 Å². The third-order valence-corrected chi connectivity index (χ3v) is 3.34. The van der Waals surface area contributed by atoms with Crippen molar-refractivity contribution in [2.45, 2.75) is 13.1 Å². The summed E-state index contributed by atoms with van der Waals surface area (Å²) < 4.78 is 52.8. The highest BCUT2D eigenvalue weighted by atomic mass is 19.4. The molecule has 2 aromatic carbocycles. The molecule has 0 unspecified atom stereocenters. The highest BCUT2D eigenvalue weighted by molar-refractivity contribution is 5.91. The second-order valence-corrected chi connectivity index (χ2v) is 5.18. The zero-order valence-corrected chi connectivity index (χ0v) is 12.3. The Hall–Kier alpha value is -2.90. The number of hydrogen-bond donors (Lipinski definition) is 2. The van der Waals surface area contributed by atoms with Crippen LogP contribution in [-0.4, -0.2) is 15.1 Å². The molecule has 2 N–H and O–H groups in total. The number of fused-ring (bicyclic) bond motifs is 1. The van der Waals surface area contributed by atoms with Crippen LogP contribution in [0, 0.1) is 12.7 Å². The number of halogens is 4. The molecular formula is C16H11F4N3O. The largest absolute Gasteiger partial charge is 0.506 e. The molecule has 0 bridgehead atoms. The molecule has 0 atom stereocenters. The first-order valence-electron chi connectivity index (χ1n) is 6.86. The number of aryl methyl sites for hydroxylation is 1. The van der Waals surface area contributed by atoms with Crippen molar-refractivity contribution in [1.82, 2.24) is 9.97 Å². The molecule has 8 heteroatoms. The molecule has 0 saturated carbocycles. The first-order valence-corrected chi connectivity index (χ1v) is 6.86. The molecule has 124 valence electrons. The Morgan fingerprint density at radius 2 is 1.83 bits per heavy atom. The van der Waals surface area contributed by atoms with Gasteiger partial charge in [-0.15, -0.1) is 0 Å². The lowest BCUT2D eigenvalue weighted by molar-refractivity contribution is -0.144. The van der Waals surface area contributed by atoms with Crippen molar-refractivity contribution in [2.24, 2.45) is 0 Å². The Morgan fingerprint density at radius 3 is 2.54 bits per heavy atom. The van der Waals surface area contributed by atoms with Gasteiger partial charge in [0.1, 0.15) is 22.9 Å². The average Bonchev–Trinajstić information content (AvgIpc) is 2.50. The van der Waals surface area contributed by atoms with Gasteiger partial charge in [-0.3, -0.25) is 0 Å². The number of benzene rings is 2. The van der Waals surface area contributed by atoms with Crippen molar-refractivity contribution < 1.29 is 22.7 Å². The lowest BCUT2D eigenvalue weighted by atomic mass is 10.2. The molecule has 1 heterocycles. The second-order valence-electron chi connectivity index (χ2n) is 5.18. The zero-order chi connectivity index (χ0) is 17.5. The number of anilines is 2.